The fraction of sp³-hybridized carbons (Fsp3) is 0.500. The highest BCUT2D eigenvalue weighted by Gasteiger charge is 1.95. The van der Waals surface area contributed by atoms with Crippen molar-refractivity contribution < 1.29 is 5.11 Å². The summed E-state index contributed by atoms with van der Waals surface area (Å²) in [5, 5.41) is 11.4. The Hall–Kier alpha value is -0.410. The molecule has 0 aromatic carbocycles. The van der Waals surface area contributed by atoms with Gasteiger partial charge < -0.3 is 5.11 Å². The van der Waals surface area contributed by atoms with Crippen molar-refractivity contribution in [1.29, 1.82) is 0 Å². The number of rotatable bonds is 2. The van der Waals surface area contributed by atoms with Crippen LogP contribution in [0.2, 0.25) is 0 Å². The summed E-state index contributed by atoms with van der Waals surface area (Å²) in [6.45, 7) is 2.13. The molecule has 9 heavy (non-hydrogen) atoms. The lowest BCUT2D eigenvalue weighted by Gasteiger charge is -1.82. The zero-order valence-corrected chi connectivity index (χ0v) is 6.11. The third kappa shape index (κ3) is 1.50. The molecule has 0 amide bonds. The number of aromatic nitrogens is 1. The summed E-state index contributed by atoms with van der Waals surface area (Å²) in [6, 6.07) is 0. The summed E-state index contributed by atoms with van der Waals surface area (Å²) in [5.74, 6) is 0. The molecule has 0 saturated heterocycles. The highest BCUT2D eigenvalue weighted by atomic mass is 32.1. The Morgan fingerprint density at radius 3 is 2.89 bits per heavy atom. The van der Waals surface area contributed by atoms with Gasteiger partial charge in [-0.1, -0.05) is 6.92 Å². The number of thiazole rings is 1. The summed E-state index contributed by atoms with van der Waals surface area (Å²) in [7, 11) is 0. The van der Waals surface area contributed by atoms with Gasteiger partial charge in [0.15, 0.2) is 0 Å². The van der Waals surface area contributed by atoms with Gasteiger partial charge in [-0.3, -0.25) is 0 Å². The topological polar surface area (TPSA) is 33.1 Å². The Kier molecular flexibility index (Phi) is 2.19. The van der Waals surface area contributed by atoms with E-state index in [9.17, 15) is 0 Å². The second kappa shape index (κ2) is 2.94. The molecule has 0 aliphatic carbocycles. The van der Waals surface area contributed by atoms with E-state index in [0.29, 0.717) is 0 Å². The number of nitrogens with zero attached hydrogens (tertiary/aromatic N) is 1. The minimum Gasteiger partial charge on any atom is -0.389 e. The third-order valence-electron chi connectivity index (χ3n) is 1.10. The molecular formula is C6H9NOS. The second-order valence-electron chi connectivity index (χ2n) is 1.74. The van der Waals surface area contributed by atoms with Crippen molar-refractivity contribution in [2.24, 2.45) is 0 Å². The molecule has 0 aliphatic heterocycles. The Labute approximate surface area is 58.2 Å². The van der Waals surface area contributed by atoms with Gasteiger partial charge in [0.1, 0.15) is 5.01 Å². The first-order valence-corrected chi connectivity index (χ1v) is 3.79. The average Bonchev–Trinajstić information content (AvgIpc) is 2.34. The van der Waals surface area contributed by atoms with E-state index in [-0.39, 0.29) is 6.61 Å². The SMILES string of the molecule is CCc1csc(CO)n1. The summed E-state index contributed by atoms with van der Waals surface area (Å²) in [4.78, 5) is 4.12. The van der Waals surface area contributed by atoms with Crippen LogP contribution in [0.4, 0.5) is 0 Å². The van der Waals surface area contributed by atoms with E-state index >= 15 is 0 Å². The lowest BCUT2D eigenvalue weighted by molar-refractivity contribution is 0.281. The third-order valence-corrected chi connectivity index (χ3v) is 1.98. The summed E-state index contributed by atoms with van der Waals surface area (Å²) in [5.41, 5.74) is 1.07. The van der Waals surface area contributed by atoms with Crippen molar-refractivity contribution in [3.8, 4) is 0 Å². The van der Waals surface area contributed by atoms with Gasteiger partial charge in [-0.05, 0) is 6.42 Å². The van der Waals surface area contributed by atoms with E-state index in [1.54, 1.807) is 0 Å². The highest BCUT2D eigenvalue weighted by molar-refractivity contribution is 7.09. The molecule has 0 atom stereocenters. The van der Waals surface area contributed by atoms with Crippen molar-refractivity contribution in [2.75, 3.05) is 0 Å². The van der Waals surface area contributed by atoms with E-state index in [2.05, 4.69) is 11.9 Å². The monoisotopic (exact) mass is 143 g/mol. The number of aliphatic hydroxyl groups excluding tert-OH is 1. The van der Waals surface area contributed by atoms with Crippen LogP contribution < -0.4 is 0 Å². The summed E-state index contributed by atoms with van der Waals surface area (Å²) < 4.78 is 0. The van der Waals surface area contributed by atoms with Crippen molar-refractivity contribution in [1.82, 2.24) is 4.98 Å². The van der Waals surface area contributed by atoms with Gasteiger partial charge >= 0.3 is 0 Å². The Balaban J connectivity index is 2.74. The summed E-state index contributed by atoms with van der Waals surface area (Å²) >= 11 is 1.51. The molecule has 0 fully saturated rings. The molecule has 1 heterocycles. The van der Waals surface area contributed by atoms with E-state index in [1.165, 1.54) is 11.3 Å². The van der Waals surface area contributed by atoms with E-state index in [0.717, 1.165) is 17.1 Å². The molecule has 50 valence electrons. The molecule has 0 radical (unpaired) electrons. The molecule has 0 bridgehead atoms. The maximum atomic E-state index is 8.59. The Morgan fingerprint density at radius 1 is 1.78 bits per heavy atom. The molecule has 2 nitrogen and oxygen atoms in total. The Bertz CT molecular complexity index is 166. The van der Waals surface area contributed by atoms with Crippen LogP contribution in [0.5, 0.6) is 0 Å². The zero-order chi connectivity index (χ0) is 6.69. The summed E-state index contributed by atoms with van der Waals surface area (Å²) in [6.07, 6.45) is 0.955. The predicted octanol–water partition coefficient (Wildman–Crippen LogP) is 1.20. The maximum absolute atomic E-state index is 8.59. The first-order chi connectivity index (χ1) is 4.36. The van der Waals surface area contributed by atoms with Gasteiger partial charge in [0.2, 0.25) is 0 Å². The van der Waals surface area contributed by atoms with Gasteiger partial charge in [0.05, 0.1) is 12.3 Å². The standard InChI is InChI=1S/C6H9NOS/c1-2-5-4-9-6(3-8)7-5/h4,8H,2-3H2,1H3. The van der Waals surface area contributed by atoms with Crippen molar-refractivity contribution in [3.05, 3.63) is 16.1 Å². The Morgan fingerprint density at radius 2 is 2.56 bits per heavy atom. The van der Waals surface area contributed by atoms with Crippen LogP contribution in [0.15, 0.2) is 5.38 Å². The van der Waals surface area contributed by atoms with Crippen molar-refractivity contribution >= 4 is 11.3 Å². The van der Waals surface area contributed by atoms with Gasteiger partial charge in [-0.25, -0.2) is 4.98 Å². The molecule has 1 N–H and O–H groups in total. The first-order valence-electron chi connectivity index (χ1n) is 2.91. The van der Waals surface area contributed by atoms with Crippen LogP contribution in [-0.2, 0) is 13.0 Å². The van der Waals surface area contributed by atoms with Crippen LogP contribution in [0.1, 0.15) is 17.6 Å². The second-order valence-corrected chi connectivity index (χ2v) is 2.69. The maximum Gasteiger partial charge on any atom is 0.118 e. The zero-order valence-electron chi connectivity index (χ0n) is 5.29. The fourth-order valence-corrected chi connectivity index (χ4v) is 1.32. The molecule has 0 spiro atoms. The van der Waals surface area contributed by atoms with Gasteiger partial charge in [0.25, 0.3) is 0 Å². The molecular weight excluding hydrogens is 134 g/mol. The van der Waals surface area contributed by atoms with Crippen LogP contribution >= 0.6 is 11.3 Å². The lowest BCUT2D eigenvalue weighted by Crippen LogP contribution is -1.82. The van der Waals surface area contributed by atoms with Gasteiger partial charge in [0, 0.05) is 5.38 Å². The van der Waals surface area contributed by atoms with E-state index in [1.807, 2.05) is 5.38 Å². The van der Waals surface area contributed by atoms with Crippen LogP contribution in [0, 0.1) is 0 Å². The van der Waals surface area contributed by atoms with Gasteiger partial charge in [-0.15, -0.1) is 11.3 Å². The van der Waals surface area contributed by atoms with E-state index in [4.69, 9.17) is 5.11 Å². The minimum absolute atomic E-state index is 0.0741. The first kappa shape index (κ1) is 6.71. The molecule has 1 rings (SSSR count). The molecule has 3 heteroatoms. The molecule has 1 aromatic rings. The molecule has 1 aromatic heterocycles. The van der Waals surface area contributed by atoms with Crippen LogP contribution in [0.25, 0.3) is 0 Å². The quantitative estimate of drug-likeness (QED) is 0.674. The molecule has 0 unspecified atom stereocenters. The van der Waals surface area contributed by atoms with Gasteiger partial charge in [-0.2, -0.15) is 0 Å². The minimum atomic E-state index is 0.0741. The molecule has 0 saturated carbocycles. The number of aliphatic hydroxyl groups is 1. The largest absolute Gasteiger partial charge is 0.389 e. The smallest absolute Gasteiger partial charge is 0.118 e. The number of hydrogen-bond acceptors (Lipinski definition) is 3. The average molecular weight is 143 g/mol. The highest BCUT2D eigenvalue weighted by Crippen LogP contribution is 2.08. The number of aryl methyl sites for hydroxylation is 1. The molecule has 0 aliphatic rings. The van der Waals surface area contributed by atoms with Crippen molar-refractivity contribution in [2.45, 2.75) is 20.0 Å². The predicted molar refractivity (Wildman–Crippen MR) is 37.4 cm³/mol. The van der Waals surface area contributed by atoms with E-state index < -0.39 is 0 Å². The van der Waals surface area contributed by atoms with Crippen LogP contribution in [-0.4, -0.2) is 10.1 Å². The number of hydrogen-bond donors (Lipinski definition) is 1. The fourth-order valence-electron chi connectivity index (χ4n) is 0.584. The van der Waals surface area contributed by atoms with Crippen LogP contribution in [0.3, 0.4) is 0 Å². The normalized spacial score (nSPS) is 10.0. The lowest BCUT2D eigenvalue weighted by atomic mass is 10.4. The van der Waals surface area contributed by atoms with Crippen molar-refractivity contribution in [3.63, 3.8) is 0 Å².